The molecule has 6 nitrogen and oxygen atoms in total. The van der Waals surface area contributed by atoms with Gasteiger partial charge in [0.25, 0.3) is 0 Å². The molecule has 0 aliphatic heterocycles. The number of rotatable bonds is 7. The van der Waals surface area contributed by atoms with E-state index in [1.165, 1.54) is 4.31 Å². The zero-order valence-corrected chi connectivity index (χ0v) is 13.9. The number of sulfonamides is 1. The molecule has 1 heterocycles. The zero-order chi connectivity index (χ0) is 16.4. The number of carbonyl (C=O) groups is 1. The van der Waals surface area contributed by atoms with Crippen LogP contribution >= 0.6 is 0 Å². The summed E-state index contributed by atoms with van der Waals surface area (Å²) in [6, 6.07) is 8.13. The number of H-pyrrole nitrogens is 1. The zero-order valence-electron chi connectivity index (χ0n) is 13.1. The minimum Gasteiger partial charge on any atom is -0.361 e. The first-order valence-electron chi connectivity index (χ1n) is 7.73. The average molecular weight is 335 g/mol. The number of carbonyl (C=O) groups excluding carboxylic acids is 1. The van der Waals surface area contributed by atoms with Gasteiger partial charge in [-0.15, -0.1) is 0 Å². The number of nitrogens with one attached hydrogen (secondary N) is 2. The lowest BCUT2D eigenvalue weighted by atomic mass is 10.1. The van der Waals surface area contributed by atoms with Gasteiger partial charge in [0, 0.05) is 29.7 Å². The lowest BCUT2D eigenvalue weighted by Gasteiger charge is -2.19. The Morgan fingerprint density at radius 2 is 2.09 bits per heavy atom. The Morgan fingerprint density at radius 1 is 1.35 bits per heavy atom. The molecule has 124 valence electrons. The van der Waals surface area contributed by atoms with Crippen LogP contribution in [0.25, 0.3) is 10.9 Å². The van der Waals surface area contributed by atoms with Crippen LogP contribution < -0.4 is 5.32 Å². The van der Waals surface area contributed by atoms with Crippen LogP contribution in [0.15, 0.2) is 30.5 Å². The first-order chi connectivity index (χ1) is 10.9. The highest BCUT2D eigenvalue weighted by molar-refractivity contribution is 7.88. The molecule has 0 radical (unpaired) electrons. The molecule has 0 atom stereocenters. The van der Waals surface area contributed by atoms with E-state index in [-0.39, 0.29) is 18.5 Å². The summed E-state index contributed by atoms with van der Waals surface area (Å²) in [7, 11) is -3.42. The van der Waals surface area contributed by atoms with E-state index in [4.69, 9.17) is 0 Å². The van der Waals surface area contributed by atoms with Gasteiger partial charge < -0.3 is 10.3 Å². The third kappa shape index (κ3) is 4.11. The largest absolute Gasteiger partial charge is 0.361 e. The molecular weight excluding hydrogens is 314 g/mol. The molecule has 2 N–H and O–H groups in total. The summed E-state index contributed by atoms with van der Waals surface area (Å²) in [6.45, 7) is 0.177. The molecular formula is C16H21N3O3S. The van der Waals surface area contributed by atoms with Crippen LogP contribution in [-0.4, -0.2) is 49.0 Å². The SMILES string of the molecule is CS(=O)(=O)N(CCc1c[nH]c2ccccc12)CC(=O)NC1CC1. The van der Waals surface area contributed by atoms with E-state index in [0.29, 0.717) is 13.0 Å². The number of hydrogen-bond donors (Lipinski definition) is 2. The molecule has 3 rings (SSSR count). The quantitative estimate of drug-likeness (QED) is 0.799. The Balaban J connectivity index is 1.67. The maximum Gasteiger partial charge on any atom is 0.235 e. The summed E-state index contributed by atoms with van der Waals surface area (Å²) in [4.78, 5) is 15.1. The van der Waals surface area contributed by atoms with Crippen molar-refractivity contribution in [1.82, 2.24) is 14.6 Å². The van der Waals surface area contributed by atoms with Crippen LogP contribution in [0.4, 0.5) is 0 Å². The van der Waals surface area contributed by atoms with Gasteiger partial charge in [0.1, 0.15) is 0 Å². The summed E-state index contributed by atoms with van der Waals surface area (Å²) >= 11 is 0. The minimum absolute atomic E-state index is 0.113. The van der Waals surface area contributed by atoms with Crippen molar-refractivity contribution >= 4 is 26.8 Å². The van der Waals surface area contributed by atoms with E-state index in [0.717, 1.165) is 35.6 Å². The normalized spacial score (nSPS) is 15.2. The first-order valence-corrected chi connectivity index (χ1v) is 9.58. The van der Waals surface area contributed by atoms with Crippen LogP contribution in [0.2, 0.25) is 0 Å². The van der Waals surface area contributed by atoms with E-state index in [1.54, 1.807) is 0 Å². The van der Waals surface area contributed by atoms with Crippen molar-refractivity contribution in [2.45, 2.75) is 25.3 Å². The number of hydrogen-bond acceptors (Lipinski definition) is 3. The van der Waals surface area contributed by atoms with Crippen molar-refractivity contribution in [3.05, 3.63) is 36.0 Å². The van der Waals surface area contributed by atoms with Gasteiger partial charge in [-0.3, -0.25) is 4.79 Å². The molecule has 1 aliphatic carbocycles. The van der Waals surface area contributed by atoms with Crippen molar-refractivity contribution in [1.29, 1.82) is 0 Å². The number of para-hydroxylation sites is 1. The number of aromatic nitrogens is 1. The second kappa shape index (κ2) is 6.33. The molecule has 23 heavy (non-hydrogen) atoms. The van der Waals surface area contributed by atoms with Crippen molar-refractivity contribution in [3.8, 4) is 0 Å². The summed E-state index contributed by atoms with van der Waals surface area (Å²) < 4.78 is 25.1. The molecule has 2 aromatic rings. The minimum atomic E-state index is -3.42. The third-order valence-electron chi connectivity index (χ3n) is 4.04. The predicted molar refractivity (Wildman–Crippen MR) is 89.6 cm³/mol. The maximum atomic E-state index is 11.9. The first kappa shape index (κ1) is 16.0. The molecule has 0 saturated heterocycles. The second-order valence-electron chi connectivity index (χ2n) is 6.05. The topological polar surface area (TPSA) is 82.3 Å². The summed E-state index contributed by atoms with van der Waals surface area (Å²) in [5, 5.41) is 3.91. The molecule has 1 fully saturated rings. The standard InChI is InChI=1S/C16H21N3O3S/c1-23(21,22)19(11-16(20)18-13-6-7-13)9-8-12-10-17-15-5-3-2-4-14(12)15/h2-5,10,13,17H,6-9,11H2,1H3,(H,18,20). The number of benzene rings is 1. The number of amides is 1. The number of aromatic amines is 1. The molecule has 0 spiro atoms. The molecule has 1 saturated carbocycles. The van der Waals surface area contributed by atoms with Crippen LogP contribution in [0, 0.1) is 0 Å². The Bertz CT molecular complexity index is 809. The molecule has 1 amide bonds. The predicted octanol–water partition coefficient (Wildman–Crippen LogP) is 1.25. The highest BCUT2D eigenvalue weighted by Gasteiger charge is 2.26. The van der Waals surface area contributed by atoms with E-state index < -0.39 is 10.0 Å². The molecule has 0 unspecified atom stereocenters. The van der Waals surface area contributed by atoms with Gasteiger partial charge in [0.15, 0.2) is 0 Å². The van der Waals surface area contributed by atoms with Gasteiger partial charge >= 0.3 is 0 Å². The van der Waals surface area contributed by atoms with Gasteiger partial charge in [-0.05, 0) is 30.9 Å². The highest BCUT2D eigenvalue weighted by atomic mass is 32.2. The summed E-state index contributed by atoms with van der Waals surface area (Å²) in [6.07, 6.45) is 5.58. The van der Waals surface area contributed by atoms with Gasteiger partial charge in [0.2, 0.25) is 15.9 Å². The smallest absolute Gasteiger partial charge is 0.235 e. The monoisotopic (exact) mass is 335 g/mol. The Labute approximate surface area is 135 Å². The van der Waals surface area contributed by atoms with Crippen molar-refractivity contribution in [3.63, 3.8) is 0 Å². The summed E-state index contributed by atoms with van der Waals surface area (Å²) in [5.41, 5.74) is 2.08. The second-order valence-corrected chi connectivity index (χ2v) is 8.03. The maximum absolute atomic E-state index is 11.9. The number of fused-ring (bicyclic) bond motifs is 1. The van der Waals surface area contributed by atoms with E-state index >= 15 is 0 Å². The summed E-state index contributed by atoms with van der Waals surface area (Å²) in [5.74, 6) is -0.225. The Morgan fingerprint density at radius 3 is 2.78 bits per heavy atom. The van der Waals surface area contributed by atoms with Crippen molar-refractivity contribution in [2.75, 3.05) is 19.3 Å². The Hall–Kier alpha value is -1.86. The van der Waals surface area contributed by atoms with E-state index in [9.17, 15) is 13.2 Å². The van der Waals surface area contributed by atoms with Crippen LogP contribution in [0.1, 0.15) is 18.4 Å². The fraction of sp³-hybridized carbons (Fsp3) is 0.438. The van der Waals surface area contributed by atoms with Crippen molar-refractivity contribution < 1.29 is 13.2 Å². The highest BCUT2D eigenvalue weighted by Crippen LogP contribution is 2.20. The van der Waals surface area contributed by atoms with Gasteiger partial charge in [0.05, 0.1) is 12.8 Å². The fourth-order valence-corrected chi connectivity index (χ4v) is 3.38. The number of nitrogens with zero attached hydrogens (tertiary/aromatic N) is 1. The van der Waals surface area contributed by atoms with Gasteiger partial charge in [-0.25, -0.2) is 8.42 Å². The molecule has 1 aromatic carbocycles. The van der Waals surface area contributed by atoms with Crippen molar-refractivity contribution in [2.24, 2.45) is 0 Å². The third-order valence-corrected chi connectivity index (χ3v) is 5.29. The lowest BCUT2D eigenvalue weighted by molar-refractivity contribution is -0.121. The molecule has 7 heteroatoms. The van der Waals surface area contributed by atoms with E-state index in [2.05, 4.69) is 10.3 Å². The van der Waals surface area contributed by atoms with Gasteiger partial charge in [-0.2, -0.15) is 4.31 Å². The van der Waals surface area contributed by atoms with Crippen LogP contribution in [-0.2, 0) is 21.2 Å². The average Bonchev–Trinajstić information content (AvgIpc) is 3.20. The molecule has 1 aromatic heterocycles. The van der Waals surface area contributed by atoms with Gasteiger partial charge in [-0.1, -0.05) is 18.2 Å². The van der Waals surface area contributed by atoms with Crippen LogP contribution in [0.3, 0.4) is 0 Å². The van der Waals surface area contributed by atoms with E-state index in [1.807, 2.05) is 30.5 Å². The fourth-order valence-electron chi connectivity index (χ4n) is 2.61. The molecule has 0 bridgehead atoms. The van der Waals surface area contributed by atoms with Crippen LogP contribution in [0.5, 0.6) is 0 Å². The molecule has 1 aliphatic rings. The Kier molecular flexibility index (Phi) is 4.41. The lowest BCUT2D eigenvalue weighted by Crippen LogP contribution is -2.41.